The van der Waals surface area contributed by atoms with E-state index in [1.807, 2.05) is 0 Å². The number of hydrogen-bond acceptors (Lipinski definition) is 3. The van der Waals surface area contributed by atoms with Crippen molar-refractivity contribution in [3.63, 3.8) is 0 Å². The Bertz CT molecular complexity index is 207. The second-order valence-electron chi connectivity index (χ2n) is 4.13. The fourth-order valence-electron chi connectivity index (χ4n) is 1.77. The summed E-state index contributed by atoms with van der Waals surface area (Å²) in [6, 6.07) is 0.547. The van der Waals surface area contributed by atoms with Gasteiger partial charge in [0, 0.05) is 13.0 Å². The summed E-state index contributed by atoms with van der Waals surface area (Å²) in [5.41, 5.74) is 2.69. The number of rotatable bonds is 4. The number of aliphatic imine (C=N–C) groups is 1. The molecule has 2 rings (SSSR count). The lowest BCUT2D eigenvalue weighted by atomic mass is 10.1. The number of hydrogen-bond donors (Lipinski definition) is 2. The molecule has 0 aromatic carbocycles. The molecule has 0 aromatic rings. The molecule has 0 amide bonds. The molecule has 1 saturated heterocycles. The Labute approximate surface area is 84.9 Å². The first kappa shape index (κ1) is 9.93. The van der Waals surface area contributed by atoms with E-state index in [-0.39, 0.29) is 0 Å². The molecule has 2 fully saturated rings. The van der Waals surface area contributed by atoms with Crippen LogP contribution in [0.1, 0.15) is 38.5 Å². The summed E-state index contributed by atoms with van der Waals surface area (Å²) in [5, 5.41) is 0. The molecule has 3 N–H and O–H groups in total. The van der Waals surface area contributed by atoms with E-state index in [4.69, 9.17) is 10.6 Å². The predicted molar refractivity (Wildman–Crippen MR) is 56.0 cm³/mol. The van der Waals surface area contributed by atoms with Crippen LogP contribution in [0.25, 0.3) is 0 Å². The minimum atomic E-state index is 0.438. The lowest BCUT2D eigenvalue weighted by Crippen LogP contribution is -2.31. The molecule has 1 saturated carbocycles. The van der Waals surface area contributed by atoms with Gasteiger partial charge in [0.2, 0.25) is 0 Å². The Hall–Kier alpha value is -0.610. The van der Waals surface area contributed by atoms with Crippen LogP contribution in [0.3, 0.4) is 0 Å². The maximum absolute atomic E-state index is 5.54. The zero-order valence-corrected chi connectivity index (χ0v) is 8.54. The van der Waals surface area contributed by atoms with Crippen molar-refractivity contribution in [1.29, 1.82) is 0 Å². The third kappa shape index (κ3) is 2.96. The van der Waals surface area contributed by atoms with E-state index in [1.54, 1.807) is 0 Å². The van der Waals surface area contributed by atoms with Gasteiger partial charge in [-0.2, -0.15) is 0 Å². The number of nitrogens with zero attached hydrogens (tertiary/aromatic N) is 1. The van der Waals surface area contributed by atoms with E-state index in [0.717, 1.165) is 25.3 Å². The number of hydrazine groups is 1. The van der Waals surface area contributed by atoms with E-state index >= 15 is 0 Å². The van der Waals surface area contributed by atoms with Crippen LogP contribution in [-0.4, -0.2) is 24.6 Å². The van der Waals surface area contributed by atoms with Gasteiger partial charge in [-0.3, -0.25) is 4.99 Å². The third-order valence-corrected chi connectivity index (χ3v) is 2.78. The number of nitrogens with two attached hydrogens (primary N) is 1. The molecule has 0 bridgehead atoms. The molecule has 2 aliphatic rings. The summed E-state index contributed by atoms with van der Waals surface area (Å²) in [5.74, 6) is 6.36. The van der Waals surface area contributed by atoms with Crippen LogP contribution in [0.15, 0.2) is 4.99 Å². The lowest BCUT2D eigenvalue weighted by Gasteiger charge is -2.10. The Kier molecular flexibility index (Phi) is 3.37. The van der Waals surface area contributed by atoms with Gasteiger partial charge >= 0.3 is 0 Å². The van der Waals surface area contributed by atoms with Gasteiger partial charge in [-0.15, -0.1) is 0 Å². The van der Waals surface area contributed by atoms with Crippen LogP contribution < -0.4 is 11.3 Å². The fraction of sp³-hybridized carbons (Fsp3) is 0.900. The molecule has 0 aromatic heterocycles. The van der Waals surface area contributed by atoms with Gasteiger partial charge in [-0.25, -0.2) is 5.84 Å². The Balaban J connectivity index is 1.70. The molecular formula is C10H19N3O. The molecule has 1 heterocycles. The molecular weight excluding hydrogens is 178 g/mol. The van der Waals surface area contributed by atoms with Crippen LogP contribution in [0.5, 0.6) is 0 Å². The highest BCUT2D eigenvalue weighted by atomic mass is 16.5. The summed E-state index contributed by atoms with van der Waals surface area (Å²) >= 11 is 0. The van der Waals surface area contributed by atoms with Crippen molar-refractivity contribution in [2.45, 2.75) is 50.7 Å². The summed E-state index contributed by atoms with van der Waals surface area (Å²) in [6.45, 7) is 0.926. The van der Waals surface area contributed by atoms with Gasteiger partial charge in [0.05, 0.1) is 12.1 Å². The largest absolute Gasteiger partial charge is 0.378 e. The number of nitrogens with one attached hydrogen (secondary N) is 1. The fourth-order valence-corrected chi connectivity index (χ4v) is 1.77. The zero-order valence-electron chi connectivity index (χ0n) is 8.54. The first-order valence-corrected chi connectivity index (χ1v) is 5.53. The average Bonchev–Trinajstić information content (AvgIpc) is 2.86. The van der Waals surface area contributed by atoms with Crippen molar-refractivity contribution in [1.82, 2.24) is 5.43 Å². The molecule has 1 aliphatic heterocycles. The van der Waals surface area contributed by atoms with Gasteiger partial charge in [0.15, 0.2) is 0 Å². The Morgan fingerprint density at radius 3 is 2.86 bits per heavy atom. The number of ether oxygens (including phenoxy) is 1. The Morgan fingerprint density at radius 2 is 2.29 bits per heavy atom. The standard InChI is InChI=1S/C10H19N3O/c11-13-10(12-8-3-4-8)6-5-9-2-1-7-14-9/h8-9H,1-7,11H2,(H,12,13). The van der Waals surface area contributed by atoms with Gasteiger partial charge in [-0.05, 0) is 32.1 Å². The molecule has 4 nitrogen and oxygen atoms in total. The van der Waals surface area contributed by atoms with Crippen LogP contribution in [0, 0.1) is 0 Å². The van der Waals surface area contributed by atoms with E-state index < -0.39 is 0 Å². The third-order valence-electron chi connectivity index (χ3n) is 2.78. The van der Waals surface area contributed by atoms with E-state index in [2.05, 4.69) is 10.4 Å². The maximum Gasteiger partial charge on any atom is 0.111 e. The van der Waals surface area contributed by atoms with Crippen LogP contribution in [0.4, 0.5) is 0 Å². The van der Waals surface area contributed by atoms with E-state index in [0.29, 0.717) is 12.1 Å². The summed E-state index contributed by atoms with van der Waals surface area (Å²) in [7, 11) is 0. The van der Waals surface area contributed by atoms with Crippen molar-refractivity contribution < 1.29 is 4.74 Å². The van der Waals surface area contributed by atoms with Gasteiger partial charge < -0.3 is 10.2 Å². The quantitative estimate of drug-likeness (QED) is 0.305. The minimum absolute atomic E-state index is 0.438. The van der Waals surface area contributed by atoms with Crippen molar-refractivity contribution in [3.8, 4) is 0 Å². The highest BCUT2D eigenvalue weighted by Gasteiger charge is 2.21. The SMILES string of the molecule is NNC(CCC1CCCO1)=NC1CC1. The van der Waals surface area contributed by atoms with Gasteiger partial charge in [0.25, 0.3) is 0 Å². The summed E-state index contributed by atoms with van der Waals surface area (Å²) in [6.07, 6.45) is 7.27. The smallest absolute Gasteiger partial charge is 0.111 e. The first-order chi connectivity index (χ1) is 6.88. The molecule has 0 radical (unpaired) electrons. The monoisotopic (exact) mass is 197 g/mol. The summed E-state index contributed by atoms with van der Waals surface area (Å²) < 4.78 is 5.54. The lowest BCUT2D eigenvalue weighted by molar-refractivity contribution is 0.106. The van der Waals surface area contributed by atoms with Crippen molar-refractivity contribution in [2.75, 3.05) is 6.61 Å². The second kappa shape index (κ2) is 4.75. The van der Waals surface area contributed by atoms with Crippen molar-refractivity contribution in [3.05, 3.63) is 0 Å². The topological polar surface area (TPSA) is 59.6 Å². The molecule has 4 heteroatoms. The van der Waals surface area contributed by atoms with Crippen LogP contribution >= 0.6 is 0 Å². The minimum Gasteiger partial charge on any atom is -0.378 e. The van der Waals surface area contributed by atoms with Crippen molar-refractivity contribution >= 4 is 5.84 Å². The van der Waals surface area contributed by atoms with E-state index in [9.17, 15) is 0 Å². The molecule has 14 heavy (non-hydrogen) atoms. The molecule has 80 valence electrons. The molecule has 1 aliphatic carbocycles. The molecule has 1 unspecified atom stereocenters. The molecule has 1 atom stereocenters. The maximum atomic E-state index is 5.54. The zero-order chi connectivity index (χ0) is 9.80. The van der Waals surface area contributed by atoms with Gasteiger partial charge in [0.1, 0.15) is 5.84 Å². The second-order valence-corrected chi connectivity index (χ2v) is 4.13. The normalized spacial score (nSPS) is 28.1. The molecule has 0 spiro atoms. The van der Waals surface area contributed by atoms with Crippen LogP contribution in [-0.2, 0) is 4.74 Å². The highest BCUT2D eigenvalue weighted by molar-refractivity contribution is 5.81. The van der Waals surface area contributed by atoms with Crippen LogP contribution in [0.2, 0.25) is 0 Å². The van der Waals surface area contributed by atoms with Crippen molar-refractivity contribution in [2.24, 2.45) is 10.8 Å². The average molecular weight is 197 g/mol. The Morgan fingerprint density at radius 1 is 1.43 bits per heavy atom. The predicted octanol–water partition coefficient (Wildman–Crippen LogP) is 0.970. The van der Waals surface area contributed by atoms with Gasteiger partial charge in [-0.1, -0.05) is 0 Å². The van der Waals surface area contributed by atoms with E-state index in [1.165, 1.54) is 25.7 Å². The number of amidine groups is 1. The highest BCUT2D eigenvalue weighted by Crippen LogP contribution is 2.24. The first-order valence-electron chi connectivity index (χ1n) is 5.53. The summed E-state index contributed by atoms with van der Waals surface area (Å²) in [4.78, 5) is 4.49.